The molecule has 90 valence electrons. The number of methoxy groups -OCH3 is 1. The Balaban J connectivity index is 2.60. The second kappa shape index (κ2) is 4.95. The molecule has 0 saturated heterocycles. The normalized spacial score (nSPS) is 10.5. The minimum absolute atomic E-state index is 0.340. The van der Waals surface area contributed by atoms with Crippen LogP contribution in [0.1, 0.15) is 17.3 Å². The van der Waals surface area contributed by atoms with Crippen molar-refractivity contribution < 1.29 is 18.7 Å². The molecule has 0 radical (unpaired) electrons. The molecule has 0 aliphatic carbocycles. The molecule has 1 aromatic heterocycles. The van der Waals surface area contributed by atoms with E-state index in [0.29, 0.717) is 28.9 Å². The molecule has 0 spiro atoms. The van der Waals surface area contributed by atoms with Crippen molar-refractivity contribution in [3.8, 4) is 5.75 Å². The maximum absolute atomic E-state index is 11.7. The first-order valence-corrected chi connectivity index (χ1v) is 6.17. The number of carbonyl (C=O) groups excluding carboxylic acids is 1. The van der Waals surface area contributed by atoms with Crippen molar-refractivity contribution in [2.45, 2.75) is 6.92 Å². The molecular weight excluding hydrogens is 335 g/mol. The number of furan rings is 1. The van der Waals surface area contributed by atoms with E-state index in [1.807, 2.05) is 12.1 Å². The predicted octanol–water partition coefficient (Wildman–Crippen LogP) is 3.22. The zero-order valence-electron chi connectivity index (χ0n) is 9.45. The number of carbonyl (C=O) groups is 1. The first-order valence-electron chi connectivity index (χ1n) is 5.09. The third-order valence-corrected chi connectivity index (χ3v) is 2.94. The molecule has 17 heavy (non-hydrogen) atoms. The molecule has 0 amide bonds. The summed E-state index contributed by atoms with van der Waals surface area (Å²) in [5.41, 5.74) is 0.995. The Morgan fingerprint density at radius 1 is 1.47 bits per heavy atom. The maximum atomic E-state index is 11.7. The van der Waals surface area contributed by atoms with Gasteiger partial charge in [0.2, 0.25) is 0 Å². The van der Waals surface area contributed by atoms with E-state index in [2.05, 4.69) is 22.6 Å². The fraction of sp³-hybridized carbons (Fsp3) is 0.250. The SMILES string of the molecule is CCOC(=O)c1coc2c(OC)cc(I)cc12. The Labute approximate surface area is 112 Å². The molecule has 0 bridgehead atoms. The van der Waals surface area contributed by atoms with Gasteiger partial charge in [-0.05, 0) is 41.6 Å². The van der Waals surface area contributed by atoms with Gasteiger partial charge in [0.1, 0.15) is 11.8 Å². The van der Waals surface area contributed by atoms with E-state index in [-0.39, 0.29) is 5.97 Å². The second-order valence-corrected chi connectivity index (χ2v) is 4.60. The highest BCUT2D eigenvalue weighted by Gasteiger charge is 2.18. The van der Waals surface area contributed by atoms with Gasteiger partial charge in [0.15, 0.2) is 11.3 Å². The molecule has 1 aromatic carbocycles. The van der Waals surface area contributed by atoms with Crippen LogP contribution in [0.15, 0.2) is 22.8 Å². The first kappa shape index (κ1) is 12.2. The van der Waals surface area contributed by atoms with E-state index < -0.39 is 0 Å². The number of hydrogen-bond donors (Lipinski definition) is 0. The van der Waals surface area contributed by atoms with Crippen LogP contribution in [0.2, 0.25) is 0 Å². The lowest BCUT2D eigenvalue weighted by Gasteiger charge is -2.02. The molecule has 1 heterocycles. The van der Waals surface area contributed by atoms with Gasteiger partial charge in [-0.1, -0.05) is 0 Å². The first-order chi connectivity index (χ1) is 8.17. The fourth-order valence-corrected chi connectivity index (χ4v) is 2.18. The molecular formula is C12H11IO4. The zero-order chi connectivity index (χ0) is 12.4. The lowest BCUT2D eigenvalue weighted by Crippen LogP contribution is -2.03. The molecule has 2 aromatic rings. The molecule has 0 unspecified atom stereocenters. The number of benzene rings is 1. The van der Waals surface area contributed by atoms with Crippen LogP contribution in [0.25, 0.3) is 11.0 Å². The maximum Gasteiger partial charge on any atom is 0.342 e. The van der Waals surface area contributed by atoms with Gasteiger partial charge in [-0.25, -0.2) is 4.79 Å². The summed E-state index contributed by atoms with van der Waals surface area (Å²) in [6, 6.07) is 3.72. The van der Waals surface area contributed by atoms with Gasteiger partial charge in [0.25, 0.3) is 0 Å². The minimum Gasteiger partial charge on any atom is -0.493 e. The third kappa shape index (κ3) is 2.24. The van der Waals surface area contributed by atoms with E-state index in [0.717, 1.165) is 3.57 Å². The summed E-state index contributed by atoms with van der Waals surface area (Å²) < 4.78 is 16.5. The van der Waals surface area contributed by atoms with Crippen molar-refractivity contribution in [2.24, 2.45) is 0 Å². The van der Waals surface area contributed by atoms with Crippen LogP contribution >= 0.6 is 22.6 Å². The molecule has 0 aliphatic heterocycles. The highest BCUT2D eigenvalue weighted by Crippen LogP contribution is 2.32. The Morgan fingerprint density at radius 2 is 2.24 bits per heavy atom. The largest absolute Gasteiger partial charge is 0.493 e. The zero-order valence-corrected chi connectivity index (χ0v) is 11.6. The average Bonchev–Trinajstić information content (AvgIpc) is 2.71. The van der Waals surface area contributed by atoms with Crippen LogP contribution in [0.5, 0.6) is 5.75 Å². The minimum atomic E-state index is -0.379. The number of ether oxygens (including phenoxy) is 2. The smallest absolute Gasteiger partial charge is 0.342 e. The highest BCUT2D eigenvalue weighted by atomic mass is 127. The molecule has 4 nitrogen and oxygen atoms in total. The van der Waals surface area contributed by atoms with Crippen molar-refractivity contribution in [3.63, 3.8) is 0 Å². The summed E-state index contributed by atoms with van der Waals surface area (Å²) in [4.78, 5) is 11.7. The van der Waals surface area contributed by atoms with Crippen LogP contribution in [0, 0.1) is 3.57 Å². The number of fused-ring (bicyclic) bond motifs is 1. The van der Waals surface area contributed by atoms with Crippen LogP contribution < -0.4 is 4.74 Å². The Hall–Kier alpha value is -1.24. The van der Waals surface area contributed by atoms with Gasteiger partial charge < -0.3 is 13.9 Å². The summed E-state index contributed by atoms with van der Waals surface area (Å²) >= 11 is 2.16. The van der Waals surface area contributed by atoms with Crippen LogP contribution in [-0.4, -0.2) is 19.7 Å². The van der Waals surface area contributed by atoms with Gasteiger partial charge in [-0.3, -0.25) is 0 Å². The van der Waals surface area contributed by atoms with Crippen molar-refractivity contribution in [2.75, 3.05) is 13.7 Å². The molecule has 0 atom stereocenters. The average molecular weight is 346 g/mol. The molecule has 2 rings (SSSR count). The summed E-state index contributed by atoms with van der Waals surface area (Å²) in [7, 11) is 1.57. The van der Waals surface area contributed by atoms with Gasteiger partial charge in [0.05, 0.1) is 13.7 Å². The van der Waals surface area contributed by atoms with E-state index >= 15 is 0 Å². The number of esters is 1. The topological polar surface area (TPSA) is 48.7 Å². The second-order valence-electron chi connectivity index (χ2n) is 3.35. The lowest BCUT2D eigenvalue weighted by molar-refractivity contribution is 0.0527. The van der Waals surface area contributed by atoms with E-state index in [4.69, 9.17) is 13.9 Å². The van der Waals surface area contributed by atoms with Gasteiger partial charge in [-0.15, -0.1) is 0 Å². The van der Waals surface area contributed by atoms with Gasteiger partial charge in [-0.2, -0.15) is 0 Å². The van der Waals surface area contributed by atoms with Crippen molar-refractivity contribution in [1.29, 1.82) is 0 Å². The lowest BCUT2D eigenvalue weighted by atomic mass is 10.1. The van der Waals surface area contributed by atoms with Gasteiger partial charge in [0, 0.05) is 8.96 Å². The Bertz CT molecular complexity index is 559. The van der Waals surface area contributed by atoms with Crippen LogP contribution in [0.4, 0.5) is 0 Å². The quantitative estimate of drug-likeness (QED) is 0.633. The fourth-order valence-electron chi connectivity index (χ4n) is 1.59. The number of rotatable bonds is 3. The van der Waals surface area contributed by atoms with E-state index in [9.17, 15) is 4.79 Å². The van der Waals surface area contributed by atoms with Crippen LogP contribution in [-0.2, 0) is 4.74 Å². The Morgan fingerprint density at radius 3 is 2.88 bits per heavy atom. The highest BCUT2D eigenvalue weighted by molar-refractivity contribution is 14.1. The summed E-state index contributed by atoms with van der Waals surface area (Å²) in [6.45, 7) is 2.11. The Kier molecular flexibility index (Phi) is 3.56. The standard InChI is InChI=1S/C12H11IO4/c1-3-16-12(14)9-6-17-11-8(9)4-7(13)5-10(11)15-2/h4-6H,3H2,1-2H3. The van der Waals surface area contributed by atoms with Crippen LogP contribution in [0.3, 0.4) is 0 Å². The molecule has 0 fully saturated rings. The molecule has 5 heteroatoms. The predicted molar refractivity (Wildman–Crippen MR) is 71.4 cm³/mol. The third-order valence-electron chi connectivity index (χ3n) is 2.32. The van der Waals surface area contributed by atoms with Crippen molar-refractivity contribution in [1.82, 2.24) is 0 Å². The molecule has 0 saturated carbocycles. The summed E-state index contributed by atoms with van der Waals surface area (Å²) in [5.74, 6) is 0.234. The van der Waals surface area contributed by atoms with Crippen molar-refractivity contribution in [3.05, 3.63) is 27.5 Å². The van der Waals surface area contributed by atoms with E-state index in [1.54, 1.807) is 14.0 Å². The monoisotopic (exact) mass is 346 g/mol. The molecule has 0 aliphatic rings. The van der Waals surface area contributed by atoms with Crippen molar-refractivity contribution >= 4 is 39.5 Å². The van der Waals surface area contributed by atoms with Gasteiger partial charge >= 0.3 is 5.97 Å². The summed E-state index contributed by atoms with van der Waals surface area (Å²) in [6.07, 6.45) is 1.40. The molecule has 0 N–H and O–H groups in total. The summed E-state index contributed by atoms with van der Waals surface area (Å²) in [5, 5.41) is 0.715. The number of halogens is 1. The number of hydrogen-bond acceptors (Lipinski definition) is 4. The van der Waals surface area contributed by atoms with E-state index in [1.165, 1.54) is 6.26 Å².